The molecule has 0 aliphatic carbocycles. The Morgan fingerprint density at radius 3 is 0.642 bits per heavy atom. The molecule has 7 unspecified atom stereocenters. The van der Waals surface area contributed by atoms with Gasteiger partial charge in [-0.05, 0) is 58.6 Å². The van der Waals surface area contributed by atoms with Gasteiger partial charge < -0.3 is 95.7 Å². The molecule has 7 atom stereocenters. The number of carbonyl (C=O) groups is 14. The zero-order chi connectivity index (χ0) is 91.4. The van der Waals surface area contributed by atoms with Crippen molar-refractivity contribution in [3.63, 3.8) is 0 Å². The molecule has 0 aromatic carbocycles. The summed E-state index contributed by atoms with van der Waals surface area (Å²) in [5.41, 5.74) is 0. The van der Waals surface area contributed by atoms with Gasteiger partial charge in [-0.3, -0.25) is 67.1 Å². The van der Waals surface area contributed by atoms with E-state index in [0.717, 1.165) is 45.7 Å². The van der Waals surface area contributed by atoms with E-state index in [1.54, 1.807) is 48.5 Å². The van der Waals surface area contributed by atoms with Crippen molar-refractivity contribution in [3.05, 3.63) is 0 Å². The minimum absolute atomic E-state index is 0.0188. The van der Waals surface area contributed by atoms with E-state index in [9.17, 15) is 67.1 Å². The Bertz CT molecular complexity index is 2760. The van der Waals surface area contributed by atoms with Crippen molar-refractivity contribution in [1.29, 1.82) is 0 Å². The molecule has 0 bridgehead atoms. The number of nitrogens with zero attached hydrogens (tertiary/aromatic N) is 6. The van der Waals surface area contributed by atoms with Crippen molar-refractivity contribution in [3.8, 4) is 0 Å². The van der Waals surface area contributed by atoms with Crippen LogP contribution in [-0.2, 0) is 133 Å². The third kappa shape index (κ3) is 63.4. The standard InChI is InChI=1S/C82H142N6O28S7/c1-62(55-117-10)76(96)110-45-38-103-69(89)15-24-85(25-16-70(90)104-39-46-111-77(97)63(2)56-118-11)35-52-121-59-66(5)80(100)114-49-42-107-73(93)19-28-87(37-54-123-61-68(7)82(102)116-51-44-109-75(95)21-30-88-33-31-84(32-34-88)23-14-22-83(8)9)29-20-74(94)108-43-50-115-81(101)67(6)60-122-53-36-86(26-17-71(91)105-40-47-112-78(98)64(3)57-119-12)27-18-72(92)106-41-48-113-79(99)65(4)58-120-13/h62-68H,14-61H2,1-13H3. The van der Waals surface area contributed by atoms with Gasteiger partial charge in [0.1, 0.15) is 92.5 Å². The molecule has 0 spiro atoms. The van der Waals surface area contributed by atoms with Crippen LogP contribution < -0.4 is 0 Å². The van der Waals surface area contributed by atoms with E-state index < -0.39 is 71.5 Å². The molecule has 1 saturated heterocycles. The first-order valence-electron chi connectivity index (χ1n) is 42.1. The first kappa shape index (κ1) is 116. The summed E-state index contributed by atoms with van der Waals surface area (Å²) in [6.07, 6.45) is 8.62. The van der Waals surface area contributed by atoms with E-state index in [0.29, 0.717) is 83.7 Å². The van der Waals surface area contributed by atoms with Crippen molar-refractivity contribution in [1.82, 2.24) is 29.4 Å². The van der Waals surface area contributed by atoms with Crippen LogP contribution in [0.5, 0.6) is 0 Å². The minimum atomic E-state index is -0.588. The van der Waals surface area contributed by atoms with Crippen LogP contribution in [0, 0.1) is 41.4 Å². The number of piperazine rings is 1. The zero-order valence-corrected chi connectivity index (χ0v) is 80.7. The first-order chi connectivity index (χ1) is 58.9. The molecule has 0 radical (unpaired) electrons. The number of carbonyl (C=O) groups excluding carboxylic acids is 14. The second-order valence-electron chi connectivity index (χ2n) is 29.7. The highest BCUT2D eigenvalue weighted by molar-refractivity contribution is 8.00. The second-order valence-corrected chi connectivity index (χ2v) is 36.8. The average Bonchev–Trinajstić information content (AvgIpc) is 0.900. The zero-order valence-electron chi connectivity index (χ0n) is 75.0. The Morgan fingerprint density at radius 1 is 0.252 bits per heavy atom. The van der Waals surface area contributed by atoms with Crippen molar-refractivity contribution < 1.29 is 133 Å². The van der Waals surface area contributed by atoms with Crippen LogP contribution in [0.2, 0.25) is 0 Å². The van der Waals surface area contributed by atoms with Gasteiger partial charge in [-0.2, -0.15) is 82.3 Å². The summed E-state index contributed by atoms with van der Waals surface area (Å²) < 4.78 is 74.6. The third-order valence-electron chi connectivity index (χ3n) is 18.3. The second kappa shape index (κ2) is 74.7. The summed E-state index contributed by atoms with van der Waals surface area (Å²) in [7, 11) is 4.14. The molecule has 1 heterocycles. The quantitative estimate of drug-likeness (QED) is 0.0388. The minimum Gasteiger partial charge on any atom is -0.462 e. The number of ether oxygens (including phenoxy) is 14. The van der Waals surface area contributed by atoms with Gasteiger partial charge in [0, 0.05) is 149 Å². The highest BCUT2D eigenvalue weighted by atomic mass is 32.2. The number of hydrogen-bond acceptors (Lipinski definition) is 41. The van der Waals surface area contributed by atoms with E-state index in [1.165, 1.54) is 82.3 Å². The summed E-state index contributed by atoms with van der Waals surface area (Å²) in [6.45, 7) is 19.2. The molecule has 41 heteroatoms. The molecule has 1 rings (SSSR count). The van der Waals surface area contributed by atoms with Crippen LogP contribution in [0.4, 0.5) is 0 Å². The van der Waals surface area contributed by atoms with Gasteiger partial charge in [0.15, 0.2) is 0 Å². The van der Waals surface area contributed by atoms with E-state index in [2.05, 4.69) is 28.8 Å². The highest BCUT2D eigenvalue weighted by Crippen LogP contribution is 2.18. The summed E-state index contributed by atoms with van der Waals surface area (Å²) in [5.74, 6) is -4.49. The molecule has 0 aromatic heterocycles. The van der Waals surface area contributed by atoms with Gasteiger partial charge in [-0.1, -0.05) is 48.5 Å². The van der Waals surface area contributed by atoms with Gasteiger partial charge in [0.05, 0.1) is 86.4 Å². The van der Waals surface area contributed by atoms with Gasteiger partial charge in [-0.25, -0.2) is 0 Å². The van der Waals surface area contributed by atoms with Crippen LogP contribution in [-0.4, -0.2) is 407 Å². The lowest BCUT2D eigenvalue weighted by molar-refractivity contribution is -0.154. The fourth-order valence-corrected chi connectivity index (χ4v) is 16.7. The average molecular weight is 1880 g/mol. The van der Waals surface area contributed by atoms with E-state index >= 15 is 0 Å². The van der Waals surface area contributed by atoms with Crippen LogP contribution in [0.1, 0.15) is 99.8 Å². The maximum Gasteiger partial charge on any atom is 0.309 e. The lowest BCUT2D eigenvalue weighted by atomic mass is 10.2. The largest absolute Gasteiger partial charge is 0.462 e. The maximum absolute atomic E-state index is 13.1. The van der Waals surface area contributed by atoms with Crippen LogP contribution in [0.25, 0.3) is 0 Å². The van der Waals surface area contributed by atoms with Gasteiger partial charge in [0.25, 0.3) is 0 Å². The molecule has 0 aromatic rings. The molecule has 1 aliphatic rings. The third-order valence-corrected chi connectivity index (χ3v) is 25.3. The summed E-state index contributed by atoms with van der Waals surface area (Å²) in [6, 6.07) is 0. The van der Waals surface area contributed by atoms with Crippen molar-refractivity contribution in [2.45, 2.75) is 99.8 Å². The molecule has 1 aliphatic heterocycles. The summed E-state index contributed by atoms with van der Waals surface area (Å²) in [5, 5.41) is 0. The molecule has 0 saturated carbocycles. The van der Waals surface area contributed by atoms with Crippen molar-refractivity contribution in [2.75, 3.05) is 294 Å². The molecule has 0 N–H and O–H groups in total. The molecular formula is C82H142N6O28S7. The number of thioether (sulfide) groups is 7. The monoisotopic (exact) mass is 1880 g/mol. The fraction of sp³-hybridized carbons (Fsp3) is 0.829. The number of hydrogen-bond donors (Lipinski definition) is 0. The lowest BCUT2D eigenvalue weighted by Crippen LogP contribution is -2.47. The van der Waals surface area contributed by atoms with Crippen LogP contribution >= 0.6 is 82.3 Å². The maximum atomic E-state index is 13.1. The molecule has 34 nitrogen and oxygen atoms in total. The highest BCUT2D eigenvalue weighted by Gasteiger charge is 2.25. The number of esters is 14. The summed E-state index contributed by atoms with van der Waals surface area (Å²) in [4.78, 5) is 190. The first-order valence-corrected chi connectivity index (χ1v) is 51.2. The van der Waals surface area contributed by atoms with Gasteiger partial charge in [0.2, 0.25) is 0 Å². The van der Waals surface area contributed by atoms with Gasteiger partial charge >= 0.3 is 83.6 Å². The Kier molecular flexibility index (Phi) is 70.3. The Morgan fingerprint density at radius 2 is 0.439 bits per heavy atom. The van der Waals surface area contributed by atoms with Crippen LogP contribution in [0.3, 0.4) is 0 Å². The normalized spacial score (nSPS) is 14.1. The van der Waals surface area contributed by atoms with Crippen molar-refractivity contribution in [2.24, 2.45) is 41.4 Å². The SMILES string of the molecule is CSCC(C)C(=O)OCCOC(=O)CCN(CCSCC(C)C(=O)OCCOC(=O)CCN(CCSCC(C)C(=O)OCCOC(=O)CCN1CCN(CCCN(C)C)CC1)CCC(=O)OCCOC(=O)C(C)CSCCN(CCC(=O)OCCOC(=O)C(C)CSC)CCC(=O)OCCOC(=O)C(C)CSC)CCC(=O)OCCOC(=O)C(C)CSC. The molecular weight excluding hydrogens is 1740 g/mol. The van der Waals surface area contributed by atoms with Gasteiger partial charge in [-0.15, -0.1) is 0 Å². The molecule has 0 amide bonds. The number of rotatable bonds is 76. The van der Waals surface area contributed by atoms with Crippen molar-refractivity contribution >= 4 is 166 Å². The fourth-order valence-electron chi connectivity index (χ4n) is 11.0. The smallest absolute Gasteiger partial charge is 0.309 e. The topological polar surface area (TPSA) is 388 Å². The Balaban J connectivity index is 2.88. The lowest BCUT2D eigenvalue weighted by Gasteiger charge is -2.34. The van der Waals surface area contributed by atoms with E-state index in [1.807, 2.05) is 39.7 Å². The molecule has 1 fully saturated rings. The predicted molar refractivity (Wildman–Crippen MR) is 481 cm³/mol. The Labute approximate surface area is 759 Å². The summed E-state index contributed by atoms with van der Waals surface area (Å²) >= 11 is 10.4. The Hall–Kier alpha value is -5.21. The van der Waals surface area contributed by atoms with Crippen LogP contribution in [0.15, 0.2) is 0 Å². The molecule has 123 heavy (non-hydrogen) atoms. The molecule has 710 valence electrons. The van der Waals surface area contributed by atoms with E-state index in [4.69, 9.17) is 66.3 Å². The van der Waals surface area contributed by atoms with E-state index in [-0.39, 0.29) is 230 Å². The predicted octanol–water partition coefficient (Wildman–Crippen LogP) is 5.90.